The number of piperazine rings is 1. The minimum atomic E-state index is -0.867. The molecule has 36 heavy (non-hydrogen) atoms. The van der Waals surface area contributed by atoms with Crippen LogP contribution in [0.4, 0.5) is 4.39 Å². The van der Waals surface area contributed by atoms with E-state index in [9.17, 15) is 14.3 Å². The molecule has 0 bridgehead atoms. The molecule has 2 aromatic carbocycles. The van der Waals surface area contributed by atoms with Crippen LogP contribution >= 0.6 is 11.6 Å². The molecule has 1 atom stereocenters. The Morgan fingerprint density at radius 1 is 1.14 bits per heavy atom. The van der Waals surface area contributed by atoms with Gasteiger partial charge in [-0.05, 0) is 68.3 Å². The molecule has 0 amide bonds. The Labute approximate surface area is 218 Å². The fraction of sp³-hybridized carbons (Fsp3) is 0.414. The Balaban J connectivity index is 1.39. The minimum Gasteiger partial charge on any atom is -0.386 e. The number of carbonyl (C=O) groups is 1. The van der Waals surface area contributed by atoms with E-state index >= 15 is 0 Å². The first-order valence-corrected chi connectivity index (χ1v) is 12.9. The van der Waals surface area contributed by atoms with Gasteiger partial charge in [-0.2, -0.15) is 0 Å². The van der Waals surface area contributed by atoms with Crippen molar-refractivity contribution in [3.63, 3.8) is 0 Å². The van der Waals surface area contributed by atoms with Crippen molar-refractivity contribution in [1.82, 2.24) is 14.7 Å². The van der Waals surface area contributed by atoms with Crippen LogP contribution in [-0.2, 0) is 6.54 Å². The van der Waals surface area contributed by atoms with E-state index in [0.29, 0.717) is 29.0 Å². The lowest BCUT2D eigenvalue weighted by atomic mass is 9.90. The maximum atomic E-state index is 13.2. The molecule has 0 unspecified atom stereocenters. The lowest BCUT2D eigenvalue weighted by Crippen LogP contribution is -2.49. The third-order valence-electron chi connectivity index (χ3n) is 7.20. The van der Waals surface area contributed by atoms with Gasteiger partial charge in [-0.1, -0.05) is 35.9 Å². The number of hydrogen-bond donors (Lipinski definition) is 1. The van der Waals surface area contributed by atoms with Crippen LogP contribution in [0.2, 0.25) is 5.02 Å². The fourth-order valence-electron chi connectivity index (χ4n) is 4.83. The first-order valence-electron chi connectivity index (χ1n) is 12.6. The van der Waals surface area contributed by atoms with Crippen LogP contribution in [0.1, 0.15) is 41.3 Å². The summed E-state index contributed by atoms with van der Waals surface area (Å²) in [5, 5.41) is 11.5. The van der Waals surface area contributed by atoms with Gasteiger partial charge in [0.2, 0.25) is 0 Å². The Morgan fingerprint density at radius 2 is 1.86 bits per heavy atom. The van der Waals surface area contributed by atoms with Gasteiger partial charge in [-0.15, -0.1) is 0 Å². The van der Waals surface area contributed by atoms with Crippen LogP contribution in [0, 0.1) is 5.82 Å². The van der Waals surface area contributed by atoms with Crippen LogP contribution in [0.5, 0.6) is 0 Å². The number of ketones is 1. The van der Waals surface area contributed by atoms with Crippen LogP contribution in [-0.4, -0.2) is 77.0 Å². The average Bonchev–Trinajstić information content (AvgIpc) is 2.86. The molecule has 1 N–H and O–H groups in total. The standard InChI is InChI=1S/C29H35ClFN3O2/c1-22-20-33(21-23-3-6-26(31)7-4-23)17-18-34(22)14-10-28(35)27-8-5-25(30)19-24(27)9-11-29(36)12-15-32(2)16-13-29/h3-11,14,19,22,36H,12-13,15-18,20-21H2,1-2H3/t22-/m1/s1. The molecule has 2 aromatic rings. The van der Waals surface area contributed by atoms with Crippen molar-refractivity contribution in [3.05, 3.63) is 88.3 Å². The van der Waals surface area contributed by atoms with Gasteiger partial charge >= 0.3 is 0 Å². The molecule has 0 aliphatic carbocycles. The van der Waals surface area contributed by atoms with E-state index in [-0.39, 0.29) is 17.6 Å². The SMILES string of the molecule is C[C@@H]1CN(Cc2ccc(F)cc2)CCN1C=CC(=O)c1ccc(Cl)cc1C=CC1(O)CCN(C)CC1. The molecule has 0 aromatic heterocycles. The predicted octanol–water partition coefficient (Wildman–Crippen LogP) is 4.85. The highest BCUT2D eigenvalue weighted by atomic mass is 35.5. The average molecular weight is 512 g/mol. The van der Waals surface area contributed by atoms with Crippen LogP contribution in [0.3, 0.4) is 0 Å². The molecule has 4 rings (SSSR count). The second kappa shape index (κ2) is 11.7. The van der Waals surface area contributed by atoms with Crippen LogP contribution in [0.25, 0.3) is 6.08 Å². The molecular formula is C29H35ClFN3O2. The van der Waals surface area contributed by atoms with Gasteiger partial charge in [-0.3, -0.25) is 9.69 Å². The van der Waals surface area contributed by atoms with Crippen LogP contribution < -0.4 is 0 Å². The number of rotatable bonds is 7. The zero-order valence-electron chi connectivity index (χ0n) is 21.0. The number of aliphatic hydroxyl groups is 1. The molecule has 192 valence electrons. The van der Waals surface area contributed by atoms with Gasteiger partial charge in [0, 0.05) is 68.2 Å². The van der Waals surface area contributed by atoms with Crippen molar-refractivity contribution in [2.75, 3.05) is 39.8 Å². The molecule has 0 saturated carbocycles. The van der Waals surface area contributed by atoms with Gasteiger partial charge in [0.05, 0.1) is 5.60 Å². The molecular weight excluding hydrogens is 477 g/mol. The number of allylic oxidation sites excluding steroid dienone is 1. The van der Waals surface area contributed by atoms with E-state index in [1.807, 2.05) is 30.5 Å². The number of piperidine rings is 1. The van der Waals surface area contributed by atoms with Gasteiger partial charge < -0.3 is 14.9 Å². The monoisotopic (exact) mass is 511 g/mol. The molecule has 7 heteroatoms. The molecule has 5 nitrogen and oxygen atoms in total. The first kappa shape index (κ1) is 26.6. The van der Waals surface area contributed by atoms with Crippen molar-refractivity contribution >= 4 is 23.5 Å². The lowest BCUT2D eigenvalue weighted by molar-refractivity contribution is 0.0272. The summed E-state index contributed by atoms with van der Waals surface area (Å²) < 4.78 is 13.2. The molecule has 2 saturated heterocycles. The molecule has 0 radical (unpaired) electrons. The first-order chi connectivity index (χ1) is 17.2. The quantitative estimate of drug-likeness (QED) is 0.425. The van der Waals surface area contributed by atoms with Crippen LogP contribution in [0.15, 0.2) is 60.8 Å². The Morgan fingerprint density at radius 3 is 2.56 bits per heavy atom. The highest BCUT2D eigenvalue weighted by molar-refractivity contribution is 6.31. The van der Waals surface area contributed by atoms with E-state index in [0.717, 1.165) is 44.8 Å². The zero-order chi connectivity index (χ0) is 25.7. The van der Waals surface area contributed by atoms with Crippen molar-refractivity contribution in [2.24, 2.45) is 0 Å². The highest BCUT2D eigenvalue weighted by Gasteiger charge is 2.28. The minimum absolute atomic E-state index is 0.0948. The summed E-state index contributed by atoms with van der Waals surface area (Å²) in [6.07, 6.45) is 8.47. The zero-order valence-corrected chi connectivity index (χ0v) is 21.8. The second-order valence-electron chi connectivity index (χ2n) is 10.1. The van der Waals surface area contributed by atoms with E-state index in [2.05, 4.69) is 28.7 Å². The molecule has 2 aliphatic heterocycles. The molecule has 2 fully saturated rings. The molecule has 2 aliphatic rings. The highest BCUT2D eigenvalue weighted by Crippen LogP contribution is 2.26. The smallest absolute Gasteiger partial charge is 0.187 e. The number of benzene rings is 2. The van der Waals surface area contributed by atoms with E-state index in [1.165, 1.54) is 12.1 Å². The summed E-state index contributed by atoms with van der Waals surface area (Å²) in [7, 11) is 2.05. The summed E-state index contributed by atoms with van der Waals surface area (Å²) in [6, 6.07) is 12.1. The summed E-state index contributed by atoms with van der Waals surface area (Å²) >= 11 is 6.23. The predicted molar refractivity (Wildman–Crippen MR) is 143 cm³/mol. The van der Waals surface area contributed by atoms with Crippen molar-refractivity contribution in [1.29, 1.82) is 0 Å². The Bertz CT molecular complexity index is 1110. The summed E-state index contributed by atoms with van der Waals surface area (Å²) in [4.78, 5) is 19.9. The lowest BCUT2D eigenvalue weighted by Gasteiger charge is -2.39. The van der Waals surface area contributed by atoms with E-state index in [4.69, 9.17) is 11.6 Å². The van der Waals surface area contributed by atoms with Gasteiger partial charge in [-0.25, -0.2) is 4.39 Å². The van der Waals surface area contributed by atoms with Gasteiger partial charge in [0.1, 0.15) is 5.82 Å². The summed E-state index contributed by atoms with van der Waals surface area (Å²) in [5.74, 6) is -0.314. The van der Waals surface area contributed by atoms with E-state index in [1.54, 1.807) is 24.3 Å². The van der Waals surface area contributed by atoms with E-state index < -0.39 is 5.60 Å². The summed E-state index contributed by atoms with van der Waals surface area (Å²) in [6.45, 7) is 7.12. The Kier molecular flexibility index (Phi) is 8.62. The summed E-state index contributed by atoms with van der Waals surface area (Å²) in [5.41, 5.74) is 1.50. The van der Waals surface area contributed by atoms with Gasteiger partial charge in [0.15, 0.2) is 5.78 Å². The maximum Gasteiger partial charge on any atom is 0.187 e. The van der Waals surface area contributed by atoms with Crippen molar-refractivity contribution < 1.29 is 14.3 Å². The Hall–Kier alpha value is -2.51. The number of hydrogen-bond acceptors (Lipinski definition) is 5. The van der Waals surface area contributed by atoms with Crippen molar-refractivity contribution in [3.8, 4) is 0 Å². The maximum absolute atomic E-state index is 13.2. The molecule has 0 spiro atoms. The third-order valence-corrected chi connectivity index (χ3v) is 7.44. The number of nitrogens with zero attached hydrogens (tertiary/aromatic N) is 3. The third kappa shape index (κ3) is 7.04. The second-order valence-corrected chi connectivity index (χ2v) is 10.5. The fourth-order valence-corrected chi connectivity index (χ4v) is 5.01. The number of halogens is 2. The number of likely N-dealkylation sites (tertiary alicyclic amines) is 1. The normalized spacial score (nSPS) is 21.5. The topological polar surface area (TPSA) is 47.0 Å². The largest absolute Gasteiger partial charge is 0.386 e. The molecule has 2 heterocycles. The number of carbonyl (C=O) groups excluding carboxylic acids is 1. The van der Waals surface area contributed by atoms with Gasteiger partial charge in [0.25, 0.3) is 0 Å². The van der Waals surface area contributed by atoms with Crippen molar-refractivity contribution in [2.45, 2.75) is 38.0 Å².